The normalized spacial score (nSPS) is 12.3. The first kappa shape index (κ1) is 13.0. The van der Waals surface area contributed by atoms with Crippen molar-refractivity contribution < 1.29 is 23.7 Å². The van der Waals surface area contributed by atoms with E-state index in [1.165, 1.54) is 7.11 Å². The number of rotatable bonds is 3. The number of ether oxygens (including phenoxy) is 4. The van der Waals surface area contributed by atoms with Gasteiger partial charge < -0.3 is 18.9 Å². The van der Waals surface area contributed by atoms with Crippen LogP contribution in [0.5, 0.6) is 22.4 Å². The number of carbonyl (C=O) groups is 1. The van der Waals surface area contributed by atoms with Crippen LogP contribution in [-0.4, -0.2) is 24.9 Å². The Morgan fingerprint density at radius 1 is 1.40 bits per heavy atom. The number of halogens is 1. The van der Waals surface area contributed by atoms with Crippen LogP contribution in [0.15, 0.2) is 18.2 Å². The van der Waals surface area contributed by atoms with Crippen LogP contribution in [0.4, 0.5) is 0 Å². The number of methoxy groups -OCH3 is 1. The van der Waals surface area contributed by atoms with Crippen molar-refractivity contribution >= 4 is 28.9 Å². The third-order valence-corrected chi connectivity index (χ3v) is 3.79. The van der Waals surface area contributed by atoms with Crippen molar-refractivity contribution in [1.82, 2.24) is 4.98 Å². The lowest BCUT2D eigenvalue weighted by molar-refractivity contribution is 0.0606. The van der Waals surface area contributed by atoms with E-state index in [0.29, 0.717) is 17.2 Å². The number of hydrogen-bond donors (Lipinski definition) is 0. The smallest absolute Gasteiger partial charge is 0.351 e. The monoisotopic (exact) mass is 313 g/mol. The first-order valence-corrected chi connectivity index (χ1v) is 6.69. The molecule has 3 rings (SSSR count). The van der Waals surface area contributed by atoms with Crippen molar-refractivity contribution in [3.63, 3.8) is 0 Å². The van der Waals surface area contributed by atoms with Crippen molar-refractivity contribution in [1.29, 1.82) is 0 Å². The predicted molar refractivity (Wildman–Crippen MR) is 71.1 cm³/mol. The van der Waals surface area contributed by atoms with Crippen molar-refractivity contribution in [2.24, 2.45) is 0 Å². The Morgan fingerprint density at radius 3 is 3.00 bits per heavy atom. The molecule has 2 heterocycles. The van der Waals surface area contributed by atoms with Gasteiger partial charge in [0.1, 0.15) is 5.75 Å². The molecule has 0 N–H and O–H groups in total. The molecule has 0 aliphatic carbocycles. The fraction of sp³-hybridized carbons (Fsp3) is 0.167. The van der Waals surface area contributed by atoms with E-state index in [4.69, 9.17) is 25.8 Å². The van der Waals surface area contributed by atoms with E-state index in [-0.39, 0.29) is 22.0 Å². The Morgan fingerprint density at radius 2 is 2.20 bits per heavy atom. The van der Waals surface area contributed by atoms with Gasteiger partial charge in [-0.05, 0) is 12.1 Å². The highest BCUT2D eigenvalue weighted by Crippen LogP contribution is 2.38. The second-order valence-corrected chi connectivity index (χ2v) is 5.03. The first-order valence-electron chi connectivity index (χ1n) is 5.49. The van der Waals surface area contributed by atoms with Gasteiger partial charge in [-0.3, -0.25) is 0 Å². The zero-order valence-corrected chi connectivity index (χ0v) is 11.8. The van der Waals surface area contributed by atoms with Gasteiger partial charge in [0.25, 0.3) is 5.19 Å². The van der Waals surface area contributed by atoms with Gasteiger partial charge in [0.05, 0.1) is 7.11 Å². The van der Waals surface area contributed by atoms with Crippen molar-refractivity contribution in [2.45, 2.75) is 0 Å². The number of esters is 1. The zero-order chi connectivity index (χ0) is 14.1. The minimum atomic E-state index is -0.548. The number of carbonyl (C=O) groups excluding carboxylic acids is 1. The molecule has 20 heavy (non-hydrogen) atoms. The van der Waals surface area contributed by atoms with Crippen LogP contribution in [-0.2, 0) is 4.74 Å². The zero-order valence-electron chi connectivity index (χ0n) is 10.2. The SMILES string of the molecule is COC(=O)c1sc(Oc2ccc3c(c2)OCO3)nc1Cl. The van der Waals surface area contributed by atoms with Crippen LogP contribution < -0.4 is 14.2 Å². The number of fused-ring (bicyclic) bond motifs is 1. The van der Waals surface area contributed by atoms with Crippen molar-refractivity contribution in [3.8, 4) is 22.4 Å². The number of thiazole rings is 1. The molecule has 104 valence electrons. The minimum Gasteiger partial charge on any atom is -0.465 e. The quantitative estimate of drug-likeness (QED) is 0.811. The molecule has 1 aliphatic heterocycles. The summed E-state index contributed by atoms with van der Waals surface area (Å²) in [7, 11) is 1.27. The van der Waals surface area contributed by atoms with E-state index >= 15 is 0 Å². The third-order valence-electron chi connectivity index (χ3n) is 2.49. The molecule has 1 aliphatic rings. The largest absolute Gasteiger partial charge is 0.465 e. The standard InChI is InChI=1S/C12H8ClNO5S/c1-16-11(15)9-10(13)14-12(20-9)19-6-2-3-7-8(4-6)18-5-17-7/h2-4H,5H2,1H3. The van der Waals surface area contributed by atoms with E-state index < -0.39 is 5.97 Å². The van der Waals surface area contributed by atoms with Crippen LogP contribution in [0.3, 0.4) is 0 Å². The van der Waals surface area contributed by atoms with Gasteiger partial charge in [-0.15, -0.1) is 0 Å². The molecule has 0 saturated carbocycles. The predicted octanol–water partition coefficient (Wildman–Crippen LogP) is 3.10. The molecule has 0 unspecified atom stereocenters. The molecule has 6 nitrogen and oxygen atoms in total. The fourth-order valence-corrected chi connectivity index (χ4v) is 2.65. The minimum absolute atomic E-state index is 0.0533. The summed E-state index contributed by atoms with van der Waals surface area (Å²) in [5.41, 5.74) is 0. The van der Waals surface area contributed by atoms with Crippen molar-refractivity contribution in [3.05, 3.63) is 28.2 Å². The maximum absolute atomic E-state index is 11.4. The van der Waals surface area contributed by atoms with Gasteiger partial charge in [0.15, 0.2) is 21.5 Å². The summed E-state index contributed by atoms with van der Waals surface area (Å²) in [4.78, 5) is 15.6. The van der Waals surface area contributed by atoms with Gasteiger partial charge in [-0.25, -0.2) is 4.79 Å². The Hall–Kier alpha value is -1.99. The van der Waals surface area contributed by atoms with E-state index in [0.717, 1.165) is 11.3 Å². The molecule has 0 bridgehead atoms. The van der Waals surface area contributed by atoms with Gasteiger partial charge in [0, 0.05) is 6.07 Å². The van der Waals surface area contributed by atoms with E-state index in [9.17, 15) is 4.79 Å². The number of benzene rings is 1. The number of aromatic nitrogens is 1. The Labute approximate surface area is 122 Å². The number of hydrogen-bond acceptors (Lipinski definition) is 7. The third kappa shape index (κ3) is 2.37. The van der Waals surface area contributed by atoms with E-state index in [1.54, 1.807) is 18.2 Å². The molecule has 0 amide bonds. The second kappa shape index (κ2) is 5.18. The van der Waals surface area contributed by atoms with Crippen LogP contribution in [0.1, 0.15) is 9.67 Å². The van der Waals surface area contributed by atoms with Gasteiger partial charge in [-0.2, -0.15) is 4.98 Å². The van der Waals surface area contributed by atoms with Crippen LogP contribution in [0.2, 0.25) is 5.15 Å². The lowest BCUT2D eigenvalue weighted by Crippen LogP contribution is -1.98. The second-order valence-electron chi connectivity index (χ2n) is 3.71. The molecular weight excluding hydrogens is 306 g/mol. The molecule has 2 aromatic rings. The summed E-state index contributed by atoms with van der Waals surface area (Å²) in [6.07, 6.45) is 0. The molecule has 1 aromatic heterocycles. The summed E-state index contributed by atoms with van der Waals surface area (Å²) in [5.74, 6) is 1.22. The van der Waals surface area contributed by atoms with Gasteiger partial charge >= 0.3 is 5.97 Å². The first-order chi connectivity index (χ1) is 9.67. The average molecular weight is 314 g/mol. The lowest BCUT2D eigenvalue weighted by atomic mass is 10.3. The van der Waals surface area contributed by atoms with Crippen LogP contribution in [0, 0.1) is 0 Å². The molecule has 8 heteroatoms. The fourth-order valence-electron chi connectivity index (χ4n) is 1.59. The summed E-state index contributed by atoms with van der Waals surface area (Å²) in [6.45, 7) is 0.189. The Bertz CT molecular complexity index is 672. The van der Waals surface area contributed by atoms with Gasteiger partial charge in [0.2, 0.25) is 6.79 Å². The number of nitrogens with zero attached hydrogens (tertiary/aromatic N) is 1. The molecule has 0 atom stereocenters. The maximum atomic E-state index is 11.4. The van der Waals surface area contributed by atoms with Crippen LogP contribution >= 0.6 is 22.9 Å². The highest BCUT2D eigenvalue weighted by molar-refractivity contribution is 7.15. The molecule has 1 aromatic carbocycles. The van der Waals surface area contributed by atoms with Crippen LogP contribution in [0.25, 0.3) is 0 Å². The Kier molecular flexibility index (Phi) is 3.37. The highest BCUT2D eigenvalue weighted by atomic mass is 35.5. The molecule has 0 fully saturated rings. The van der Waals surface area contributed by atoms with E-state index in [2.05, 4.69) is 9.72 Å². The molecule has 0 radical (unpaired) electrons. The Balaban J connectivity index is 1.83. The van der Waals surface area contributed by atoms with Gasteiger partial charge in [-0.1, -0.05) is 22.9 Å². The highest BCUT2D eigenvalue weighted by Gasteiger charge is 2.19. The molecular formula is C12H8ClNO5S. The summed E-state index contributed by atoms with van der Waals surface area (Å²) in [6, 6.07) is 5.12. The molecule has 0 spiro atoms. The molecule has 0 saturated heterocycles. The average Bonchev–Trinajstić information content (AvgIpc) is 3.04. The summed E-state index contributed by atoms with van der Waals surface area (Å²) in [5, 5.41) is 0.298. The lowest BCUT2D eigenvalue weighted by Gasteiger charge is -2.02. The van der Waals surface area contributed by atoms with Crippen molar-refractivity contribution in [2.75, 3.05) is 13.9 Å². The topological polar surface area (TPSA) is 66.9 Å². The maximum Gasteiger partial charge on any atom is 0.351 e. The van der Waals surface area contributed by atoms with E-state index in [1.807, 2.05) is 0 Å². The summed E-state index contributed by atoms with van der Waals surface area (Å²) >= 11 is 6.86. The summed E-state index contributed by atoms with van der Waals surface area (Å²) < 4.78 is 20.6.